The van der Waals surface area contributed by atoms with Gasteiger partial charge in [0.25, 0.3) is 10.0 Å². The summed E-state index contributed by atoms with van der Waals surface area (Å²) in [6.45, 7) is 3.80. The van der Waals surface area contributed by atoms with Gasteiger partial charge < -0.3 is 0 Å². The maximum atomic E-state index is 12.0. The van der Waals surface area contributed by atoms with Crippen LogP contribution in [0.2, 0.25) is 0 Å². The number of aromatic amines is 1. The first-order valence-electron chi connectivity index (χ1n) is 5.15. The summed E-state index contributed by atoms with van der Waals surface area (Å²) in [4.78, 5) is 1.04. The van der Waals surface area contributed by atoms with E-state index in [-0.39, 0.29) is 0 Å². The molecule has 2 aromatic heterocycles. The highest BCUT2D eigenvalue weighted by Crippen LogP contribution is 2.23. The fourth-order valence-electron chi connectivity index (χ4n) is 1.35. The van der Waals surface area contributed by atoms with Crippen LogP contribution in [0.4, 0.5) is 5.82 Å². The average molecular weight is 271 g/mol. The van der Waals surface area contributed by atoms with E-state index in [4.69, 9.17) is 0 Å². The van der Waals surface area contributed by atoms with Crippen LogP contribution in [0.25, 0.3) is 0 Å². The third kappa shape index (κ3) is 2.67. The smallest absolute Gasteiger partial charge is 0.272 e. The minimum Gasteiger partial charge on any atom is -0.281 e. The van der Waals surface area contributed by atoms with Gasteiger partial charge in [-0.1, -0.05) is 6.92 Å². The summed E-state index contributed by atoms with van der Waals surface area (Å²) < 4.78 is 26.7. The van der Waals surface area contributed by atoms with Crippen molar-refractivity contribution in [2.24, 2.45) is 0 Å². The molecule has 2 aromatic rings. The maximum absolute atomic E-state index is 12.0. The molecule has 2 N–H and O–H groups in total. The molecule has 92 valence electrons. The summed E-state index contributed by atoms with van der Waals surface area (Å²) in [6, 6.07) is 5.09. The molecule has 0 atom stereocenters. The standard InChI is InChI=1S/C10H13N3O2S2/c1-3-8-4-5-10(16-8)17(14,15)13-9-6-7(2)11-12-9/h4-6H,3H2,1-2H3,(H2,11,12,13). The number of sulfonamides is 1. The van der Waals surface area contributed by atoms with Crippen molar-refractivity contribution < 1.29 is 8.42 Å². The van der Waals surface area contributed by atoms with Gasteiger partial charge in [0.15, 0.2) is 5.82 Å². The number of aromatic nitrogens is 2. The lowest BCUT2D eigenvalue weighted by atomic mass is 10.4. The monoisotopic (exact) mass is 271 g/mol. The lowest BCUT2D eigenvalue weighted by molar-refractivity contribution is 0.603. The van der Waals surface area contributed by atoms with Crippen molar-refractivity contribution in [3.05, 3.63) is 28.8 Å². The number of H-pyrrole nitrogens is 1. The number of thiophene rings is 1. The van der Waals surface area contributed by atoms with Crippen molar-refractivity contribution in [1.82, 2.24) is 10.2 Å². The second-order valence-corrected chi connectivity index (χ2v) is 6.69. The fourth-order valence-corrected chi connectivity index (χ4v) is 3.64. The lowest BCUT2D eigenvalue weighted by Crippen LogP contribution is -2.11. The number of hydrogen-bond acceptors (Lipinski definition) is 4. The van der Waals surface area contributed by atoms with Gasteiger partial charge in [-0.2, -0.15) is 5.10 Å². The number of rotatable bonds is 4. The molecule has 17 heavy (non-hydrogen) atoms. The van der Waals surface area contributed by atoms with Gasteiger partial charge in [-0.05, 0) is 25.5 Å². The zero-order valence-electron chi connectivity index (χ0n) is 9.52. The Morgan fingerprint density at radius 3 is 2.76 bits per heavy atom. The second-order valence-electron chi connectivity index (χ2n) is 3.62. The third-order valence-electron chi connectivity index (χ3n) is 2.20. The van der Waals surface area contributed by atoms with Crippen molar-refractivity contribution in [1.29, 1.82) is 0 Å². The van der Waals surface area contributed by atoms with E-state index in [0.29, 0.717) is 10.0 Å². The molecule has 0 aliphatic carbocycles. The largest absolute Gasteiger partial charge is 0.281 e. The zero-order valence-corrected chi connectivity index (χ0v) is 11.2. The quantitative estimate of drug-likeness (QED) is 0.894. The van der Waals surface area contributed by atoms with Crippen LogP contribution in [0.15, 0.2) is 22.4 Å². The number of aryl methyl sites for hydroxylation is 2. The lowest BCUT2D eigenvalue weighted by Gasteiger charge is -2.01. The molecule has 5 nitrogen and oxygen atoms in total. The van der Waals surface area contributed by atoms with Gasteiger partial charge in [0, 0.05) is 16.6 Å². The first-order chi connectivity index (χ1) is 8.01. The SMILES string of the molecule is CCc1ccc(S(=O)(=O)Nc2cc(C)[nH]n2)s1. The van der Waals surface area contributed by atoms with Crippen LogP contribution in [0.5, 0.6) is 0 Å². The van der Waals surface area contributed by atoms with E-state index in [1.165, 1.54) is 11.3 Å². The van der Waals surface area contributed by atoms with Crippen molar-refractivity contribution in [2.75, 3.05) is 4.72 Å². The molecule has 0 aliphatic heterocycles. The highest BCUT2D eigenvalue weighted by molar-refractivity contribution is 7.94. The van der Waals surface area contributed by atoms with Crippen LogP contribution in [0, 0.1) is 6.92 Å². The minimum atomic E-state index is -3.50. The topological polar surface area (TPSA) is 74.8 Å². The van der Waals surface area contributed by atoms with Crippen LogP contribution in [0.1, 0.15) is 17.5 Å². The first-order valence-corrected chi connectivity index (χ1v) is 7.45. The predicted octanol–water partition coefficient (Wildman–Crippen LogP) is 2.14. The Morgan fingerprint density at radius 2 is 2.24 bits per heavy atom. The van der Waals surface area contributed by atoms with Gasteiger partial charge in [0.2, 0.25) is 0 Å². The van der Waals surface area contributed by atoms with E-state index < -0.39 is 10.0 Å². The molecule has 0 fully saturated rings. The Kier molecular flexibility index (Phi) is 3.21. The number of nitrogens with zero attached hydrogens (tertiary/aromatic N) is 1. The molecule has 2 heterocycles. The van der Waals surface area contributed by atoms with Crippen LogP contribution >= 0.6 is 11.3 Å². The van der Waals surface area contributed by atoms with Gasteiger partial charge >= 0.3 is 0 Å². The molecule has 0 saturated heterocycles. The fraction of sp³-hybridized carbons (Fsp3) is 0.300. The molecule has 0 bridgehead atoms. The van der Waals surface area contributed by atoms with Crippen LogP contribution < -0.4 is 4.72 Å². The molecule has 0 spiro atoms. The number of hydrogen-bond donors (Lipinski definition) is 2. The zero-order chi connectivity index (χ0) is 12.5. The van der Waals surface area contributed by atoms with E-state index in [1.807, 2.05) is 19.9 Å². The van der Waals surface area contributed by atoms with Gasteiger partial charge in [0.1, 0.15) is 4.21 Å². The van der Waals surface area contributed by atoms with E-state index in [9.17, 15) is 8.42 Å². The van der Waals surface area contributed by atoms with Gasteiger partial charge in [-0.25, -0.2) is 8.42 Å². The van der Waals surface area contributed by atoms with Crippen LogP contribution in [0.3, 0.4) is 0 Å². The van der Waals surface area contributed by atoms with Crippen molar-refractivity contribution in [3.63, 3.8) is 0 Å². The Balaban J connectivity index is 2.24. The molecule has 0 unspecified atom stereocenters. The Bertz CT molecular complexity index is 613. The minimum absolute atomic E-state index is 0.314. The van der Waals surface area contributed by atoms with Crippen molar-refractivity contribution in [2.45, 2.75) is 24.5 Å². The summed E-state index contributed by atoms with van der Waals surface area (Å²) in [5, 5.41) is 6.53. The third-order valence-corrected chi connectivity index (χ3v) is 5.27. The molecule has 0 radical (unpaired) electrons. The highest BCUT2D eigenvalue weighted by Gasteiger charge is 2.17. The van der Waals surface area contributed by atoms with Crippen molar-refractivity contribution in [3.8, 4) is 0 Å². The van der Waals surface area contributed by atoms with Gasteiger partial charge in [0.05, 0.1) is 0 Å². The van der Waals surface area contributed by atoms with E-state index in [2.05, 4.69) is 14.9 Å². The molecule has 0 aliphatic rings. The van der Waals surface area contributed by atoms with Crippen LogP contribution in [-0.4, -0.2) is 18.6 Å². The number of anilines is 1. The van der Waals surface area contributed by atoms with Gasteiger partial charge in [-0.15, -0.1) is 11.3 Å². The van der Waals surface area contributed by atoms with E-state index in [1.54, 1.807) is 12.1 Å². The summed E-state index contributed by atoms with van der Waals surface area (Å²) in [7, 11) is -3.50. The summed E-state index contributed by atoms with van der Waals surface area (Å²) in [5.41, 5.74) is 0.808. The van der Waals surface area contributed by atoms with Crippen molar-refractivity contribution >= 4 is 27.2 Å². The Labute approximate surface area is 104 Å². The molecule has 0 aromatic carbocycles. The van der Waals surface area contributed by atoms with Gasteiger partial charge in [-0.3, -0.25) is 9.82 Å². The summed E-state index contributed by atoms with van der Waals surface area (Å²) in [6.07, 6.45) is 0.835. The Morgan fingerprint density at radius 1 is 1.47 bits per heavy atom. The van der Waals surface area contributed by atoms with Crippen LogP contribution in [-0.2, 0) is 16.4 Å². The molecule has 0 saturated carbocycles. The van der Waals surface area contributed by atoms with E-state index >= 15 is 0 Å². The Hall–Kier alpha value is -1.34. The molecular weight excluding hydrogens is 258 g/mol. The number of nitrogens with one attached hydrogen (secondary N) is 2. The van der Waals surface area contributed by atoms with E-state index in [0.717, 1.165) is 17.0 Å². The first kappa shape index (κ1) is 12.1. The predicted molar refractivity (Wildman–Crippen MR) is 67.8 cm³/mol. The second kappa shape index (κ2) is 4.50. The average Bonchev–Trinajstić information content (AvgIpc) is 2.86. The maximum Gasteiger partial charge on any atom is 0.272 e. The molecule has 2 rings (SSSR count). The molecular formula is C10H13N3O2S2. The molecule has 0 amide bonds. The molecule has 7 heteroatoms. The highest BCUT2D eigenvalue weighted by atomic mass is 32.2. The normalized spacial score (nSPS) is 11.6. The summed E-state index contributed by atoms with van der Waals surface area (Å²) >= 11 is 1.28. The summed E-state index contributed by atoms with van der Waals surface area (Å²) in [5.74, 6) is 0.314.